The summed E-state index contributed by atoms with van der Waals surface area (Å²) in [6.07, 6.45) is 3.70. The Bertz CT molecular complexity index is 938. The molecule has 0 amide bonds. The third-order valence-electron chi connectivity index (χ3n) is 4.53. The topological polar surface area (TPSA) is 109 Å². The average Bonchev–Trinajstić information content (AvgIpc) is 2.52. The van der Waals surface area contributed by atoms with Crippen LogP contribution < -0.4 is 10.6 Å². The minimum absolute atomic E-state index is 0.212. The van der Waals surface area contributed by atoms with Crippen molar-refractivity contribution < 1.29 is 25.9 Å². The predicted molar refractivity (Wildman–Crippen MR) is 101 cm³/mol. The molecule has 2 aromatic rings. The van der Waals surface area contributed by atoms with E-state index < -0.39 is 28.2 Å². The zero-order chi connectivity index (χ0) is 18.9. The van der Waals surface area contributed by atoms with Gasteiger partial charge in [0.25, 0.3) is 20.2 Å². The zero-order valence-electron chi connectivity index (χ0n) is 13.8. The Kier molecular flexibility index (Phi) is 5.51. The lowest BCUT2D eigenvalue weighted by Gasteiger charge is -2.31. The van der Waals surface area contributed by atoms with Crippen LogP contribution in [0.15, 0.2) is 58.3 Å². The number of hydrogen-bond acceptors (Lipinski definition) is 4. The molecule has 1 aliphatic rings. The van der Waals surface area contributed by atoms with Gasteiger partial charge in [0.15, 0.2) is 0 Å². The second-order valence-electron chi connectivity index (χ2n) is 6.29. The first kappa shape index (κ1) is 19.5. The molecule has 0 bridgehead atoms. The van der Waals surface area contributed by atoms with Crippen molar-refractivity contribution in [2.75, 3.05) is 6.16 Å². The lowest BCUT2D eigenvalue weighted by atomic mass is 9.87. The Morgan fingerprint density at radius 2 is 1.23 bits per heavy atom. The first-order valence-corrected chi connectivity index (χ1v) is 12.5. The molecule has 9 heteroatoms. The standard InChI is InChI=1S/C17H19O6PS2/c18-25(19,20)16-10-3-1-8-14(16)24(12-13-6-5-7-13)15-9-2-4-11-17(15)26(21,22)23/h1-4,8-11,13H,5-7,12H2,(H,18,19,20)(H,21,22,23). The molecule has 6 nitrogen and oxygen atoms in total. The van der Waals surface area contributed by atoms with Gasteiger partial charge in [-0.05, 0) is 32.1 Å². The molecule has 0 aliphatic heterocycles. The minimum atomic E-state index is -4.46. The summed E-state index contributed by atoms with van der Waals surface area (Å²) in [6.45, 7) is 0. The number of rotatable bonds is 6. The van der Waals surface area contributed by atoms with Gasteiger partial charge in [0.05, 0.1) is 0 Å². The fraction of sp³-hybridized carbons (Fsp3) is 0.294. The molecule has 3 rings (SSSR count). The quantitative estimate of drug-likeness (QED) is 0.555. The normalized spacial score (nSPS) is 15.8. The Morgan fingerprint density at radius 1 is 0.808 bits per heavy atom. The maximum atomic E-state index is 11.8. The molecule has 0 atom stereocenters. The van der Waals surface area contributed by atoms with Crippen LogP contribution in [0.25, 0.3) is 0 Å². The van der Waals surface area contributed by atoms with Crippen molar-refractivity contribution in [3.8, 4) is 0 Å². The van der Waals surface area contributed by atoms with Crippen LogP contribution >= 0.6 is 7.92 Å². The van der Waals surface area contributed by atoms with Crippen molar-refractivity contribution in [2.45, 2.75) is 29.1 Å². The fourth-order valence-corrected chi connectivity index (χ4v) is 8.32. The molecule has 0 heterocycles. The van der Waals surface area contributed by atoms with E-state index >= 15 is 0 Å². The van der Waals surface area contributed by atoms with E-state index in [4.69, 9.17) is 0 Å². The average molecular weight is 414 g/mol. The summed E-state index contributed by atoms with van der Waals surface area (Å²) in [6, 6.07) is 12.2. The second kappa shape index (κ2) is 7.37. The van der Waals surface area contributed by atoms with Gasteiger partial charge in [-0.25, -0.2) is 0 Å². The van der Waals surface area contributed by atoms with Gasteiger partial charge in [-0.1, -0.05) is 55.7 Å². The molecule has 0 aromatic heterocycles. The summed E-state index contributed by atoms with van der Waals surface area (Å²) < 4.78 is 66.6. The molecule has 0 radical (unpaired) electrons. The van der Waals surface area contributed by atoms with Gasteiger partial charge in [-0.3, -0.25) is 9.11 Å². The summed E-state index contributed by atoms with van der Waals surface area (Å²) in [4.78, 5) is -0.425. The van der Waals surface area contributed by atoms with E-state index in [1.165, 1.54) is 24.3 Å². The van der Waals surface area contributed by atoms with Gasteiger partial charge < -0.3 is 0 Å². The first-order valence-electron chi connectivity index (χ1n) is 8.08. The van der Waals surface area contributed by atoms with Crippen LogP contribution in [0.5, 0.6) is 0 Å². The number of hydrogen-bond donors (Lipinski definition) is 2. The van der Waals surface area contributed by atoms with Crippen molar-refractivity contribution in [3.63, 3.8) is 0 Å². The van der Waals surface area contributed by atoms with Gasteiger partial charge in [0, 0.05) is 10.6 Å². The van der Waals surface area contributed by atoms with Gasteiger partial charge in [-0.15, -0.1) is 0 Å². The maximum Gasteiger partial charge on any atom is 0.295 e. The summed E-state index contributed by atoms with van der Waals surface area (Å²) in [5.74, 6) is 0.366. The highest BCUT2D eigenvalue weighted by molar-refractivity contribution is 7.88. The van der Waals surface area contributed by atoms with Crippen LogP contribution in [-0.2, 0) is 20.2 Å². The van der Waals surface area contributed by atoms with Crippen molar-refractivity contribution in [1.29, 1.82) is 0 Å². The van der Waals surface area contributed by atoms with E-state index in [9.17, 15) is 25.9 Å². The Labute approximate surface area is 154 Å². The molecule has 0 saturated heterocycles. The Morgan fingerprint density at radius 3 is 1.58 bits per heavy atom. The van der Waals surface area contributed by atoms with E-state index in [1.54, 1.807) is 24.3 Å². The van der Waals surface area contributed by atoms with Gasteiger partial charge >= 0.3 is 0 Å². The van der Waals surface area contributed by atoms with Crippen molar-refractivity contribution >= 4 is 38.8 Å². The molecule has 2 N–H and O–H groups in total. The van der Waals surface area contributed by atoms with E-state index in [2.05, 4.69) is 0 Å². The molecule has 26 heavy (non-hydrogen) atoms. The predicted octanol–water partition coefficient (Wildman–Crippen LogP) is 2.41. The molecule has 1 fully saturated rings. The highest BCUT2D eigenvalue weighted by Crippen LogP contribution is 2.44. The van der Waals surface area contributed by atoms with Crippen LogP contribution in [0, 0.1) is 5.92 Å². The Balaban J connectivity index is 2.21. The molecular weight excluding hydrogens is 395 g/mol. The van der Waals surface area contributed by atoms with Crippen LogP contribution in [0.4, 0.5) is 0 Å². The van der Waals surface area contributed by atoms with E-state index in [1.807, 2.05) is 0 Å². The second-order valence-corrected chi connectivity index (χ2v) is 11.3. The lowest BCUT2D eigenvalue weighted by molar-refractivity contribution is 0.352. The highest BCUT2D eigenvalue weighted by atomic mass is 32.2. The molecule has 1 saturated carbocycles. The smallest absolute Gasteiger partial charge is 0.282 e. The van der Waals surface area contributed by atoms with Gasteiger partial charge in [0.1, 0.15) is 9.79 Å². The first-order chi connectivity index (χ1) is 12.2. The molecule has 0 unspecified atom stereocenters. The summed E-state index contributed by atoms with van der Waals surface area (Å²) in [7, 11) is -10.3. The SMILES string of the molecule is O=S(=O)(O)c1ccccc1P(CC1CCC1)c1ccccc1S(=O)(=O)O. The molecule has 1 aliphatic carbocycles. The zero-order valence-corrected chi connectivity index (χ0v) is 16.3. The van der Waals surface area contributed by atoms with Crippen molar-refractivity contribution in [3.05, 3.63) is 48.5 Å². The Hall–Kier alpha value is -1.31. The summed E-state index contributed by atoms with van der Waals surface area (Å²) in [5.41, 5.74) is 0. The van der Waals surface area contributed by atoms with Crippen LogP contribution in [0.2, 0.25) is 0 Å². The van der Waals surface area contributed by atoms with Crippen molar-refractivity contribution in [1.82, 2.24) is 0 Å². The summed E-state index contributed by atoms with van der Waals surface area (Å²) in [5, 5.41) is 0.793. The lowest BCUT2D eigenvalue weighted by Crippen LogP contribution is -2.27. The molecule has 2 aromatic carbocycles. The number of benzene rings is 2. The fourth-order valence-electron chi connectivity index (χ4n) is 3.06. The van der Waals surface area contributed by atoms with Gasteiger partial charge in [-0.2, -0.15) is 16.8 Å². The van der Waals surface area contributed by atoms with Crippen LogP contribution in [0.1, 0.15) is 19.3 Å². The molecule has 0 spiro atoms. The van der Waals surface area contributed by atoms with Crippen molar-refractivity contribution in [2.24, 2.45) is 5.92 Å². The minimum Gasteiger partial charge on any atom is -0.282 e. The highest BCUT2D eigenvalue weighted by Gasteiger charge is 2.31. The maximum absolute atomic E-state index is 11.8. The van der Waals surface area contributed by atoms with Gasteiger partial charge in [0.2, 0.25) is 0 Å². The van der Waals surface area contributed by atoms with E-state index in [0.717, 1.165) is 19.3 Å². The summed E-state index contributed by atoms with van der Waals surface area (Å²) >= 11 is 0. The third kappa shape index (κ3) is 4.15. The monoisotopic (exact) mass is 414 g/mol. The van der Waals surface area contributed by atoms with Crippen LogP contribution in [-0.4, -0.2) is 32.1 Å². The molecular formula is C17H19O6PS2. The largest absolute Gasteiger partial charge is 0.295 e. The molecule has 140 valence electrons. The van der Waals surface area contributed by atoms with E-state index in [0.29, 0.717) is 22.7 Å². The van der Waals surface area contributed by atoms with Crippen LogP contribution in [0.3, 0.4) is 0 Å². The third-order valence-corrected chi connectivity index (χ3v) is 9.48. The van der Waals surface area contributed by atoms with E-state index in [-0.39, 0.29) is 9.79 Å².